The molecule has 0 amide bonds. The van der Waals surface area contributed by atoms with Gasteiger partial charge in [0, 0.05) is 23.3 Å². The van der Waals surface area contributed by atoms with Crippen molar-refractivity contribution in [1.82, 2.24) is 5.32 Å². The second-order valence-corrected chi connectivity index (χ2v) is 5.52. The Hall–Kier alpha value is -0.910. The van der Waals surface area contributed by atoms with Gasteiger partial charge in [-0.15, -0.1) is 11.3 Å². The fraction of sp³-hybridized carbons (Fsp3) is 0.583. The molecule has 3 N–H and O–H groups in total. The van der Waals surface area contributed by atoms with Crippen molar-refractivity contribution >= 4 is 17.3 Å². The maximum atomic E-state index is 10.7. The minimum atomic E-state index is -0.896. The van der Waals surface area contributed by atoms with Gasteiger partial charge in [-0.05, 0) is 18.4 Å². The Morgan fingerprint density at radius 1 is 1.53 bits per heavy atom. The van der Waals surface area contributed by atoms with Crippen molar-refractivity contribution in [2.75, 3.05) is 6.54 Å². The maximum absolute atomic E-state index is 10.7. The number of rotatable bonds is 7. The lowest BCUT2D eigenvalue weighted by Gasteiger charge is -2.13. The van der Waals surface area contributed by atoms with E-state index in [9.17, 15) is 9.90 Å². The van der Waals surface area contributed by atoms with Gasteiger partial charge in [-0.25, -0.2) is 4.79 Å². The van der Waals surface area contributed by atoms with Gasteiger partial charge in [0.15, 0.2) is 0 Å². The lowest BCUT2D eigenvalue weighted by Crippen LogP contribution is -2.27. The summed E-state index contributed by atoms with van der Waals surface area (Å²) < 4.78 is 0. The first-order valence-electron chi connectivity index (χ1n) is 5.68. The zero-order chi connectivity index (χ0) is 12.8. The molecule has 0 fully saturated rings. The summed E-state index contributed by atoms with van der Waals surface area (Å²) in [6, 6.07) is 1.66. The van der Waals surface area contributed by atoms with E-state index < -0.39 is 5.97 Å². The largest absolute Gasteiger partial charge is 0.478 e. The van der Waals surface area contributed by atoms with E-state index in [0.717, 1.165) is 11.3 Å². The summed E-state index contributed by atoms with van der Waals surface area (Å²) in [4.78, 5) is 11.6. The molecule has 0 bridgehead atoms. The van der Waals surface area contributed by atoms with Gasteiger partial charge in [-0.3, -0.25) is 0 Å². The van der Waals surface area contributed by atoms with Crippen molar-refractivity contribution in [3.8, 4) is 0 Å². The van der Waals surface area contributed by atoms with E-state index in [1.165, 1.54) is 11.3 Å². The number of hydrogen-bond acceptors (Lipinski definition) is 4. The molecule has 0 spiro atoms. The molecule has 17 heavy (non-hydrogen) atoms. The highest BCUT2D eigenvalue weighted by molar-refractivity contribution is 7.10. The molecule has 0 aromatic carbocycles. The first-order valence-corrected chi connectivity index (χ1v) is 6.56. The molecule has 5 heteroatoms. The average molecular weight is 257 g/mol. The van der Waals surface area contributed by atoms with Gasteiger partial charge < -0.3 is 15.5 Å². The summed E-state index contributed by atoms with van der Waals surface area (Å²) in [7, 11) is 0. The van der Waals surface area contributed by atoms with Crippen LogP contribution in [0.4, 0.5) is 0 Å². The molecular weight excluding hydrogens is 238 g/mol. The summed E-state index contributed by atoms with van der Waals surface area (Å²) in [5, 5.41) is 23.2. The molecule has 0 aliphatic rings. The normalized spacial score (nSPS) is 12.9. The van der Waals surface area contributed by atoms with Gasteiger partial charge in [0.1, 0.15) is 0 Å². The fourth-order valence-corrected chi connectivity index (χ4v) is 2.40. The number of nitrogens with one attached hydrogen (secondary N) is 1. The molecule has 1 atom stereocenters. The van der Waals surface area contributed by atoms with Crippen molar-refractivity contribution in [2.24, 2.45) is 5.92 Å². The Morgan fingerprint density at radius 2 is 2.24 bits per heavy atom. The maximum Gasteiger partial charge on any atom is 0.336 e. The van der Waals surface area contributed by atoms with Crippen LogP contribution in [-0.4, -0.2) is 28.8 Å². The zero-order valence-electron chi connectivity index (χ0n) is 10.1. The van der Waals surface area contributed by atoms with E-state index in [1.54, 1.807) is 11.4 Å². The van der Waals surface area contributed by atoms with Gasteiger partial charge in [0.2, 0.25) is 0 Å². The molecule has 1 aromatic rings. The number of hydrogen-bond donors (Lipinski definition) is 3. The Morgan fingerprint density at radius 3 is 2.76 bits per heavy atom. The van der Waals surface area contributed by atoms with E-state index in [4.69, 9.17) is 5.11 Å². The van der Waals surface area contributed by atoms with E-state index >= 15 is 0 Å². The summed E-state index contributed by atoms with van der Waals surface area (Å²) in [6.45, 7) is 5.29. The predicted octanol–water partition coefficient (Wildman–Crippen LogP) is 1.94. The predicted molar refractivity (Wildman–Crippen MR) is 68.4 cm³/mol. The standard InChI is InChI=1S/C12H19NO3S/c1-8(2)3-10(14)5-13-6-11-4-9(7-17-11)12(15)16/h4,7-8,10,13-14H,3,5-6H2,1-2H3,(H,15,16). The number of aromatic carboxylic acids is 1. The minimum absolute atomic E-state index is 0.328. The average Bonchev–Trinajstić information content (AvgIpc) is 2.65. The van der Waals surface area contributed by atoms with Crippen molar-refractivity contribution in [1.29, 1.82) is 0 Å². The smallest absolute Gasteiger partial charge is 0.336 e. The highest BCUT2D eigenvalue weighted by atomic mass is 32.1. The number of aliphatic hydroxyl groups excluding tert-OH is 1. The Balaban J connectivity index is 2.28. The third-order valence-electron chi connectivity index (χ3n) is 2.32. The van der Waals surface area contributed by atoms with Gasteiger partial charge in [0.05, 0.1) is 11.7 Å². The van der Waals surface area contributed by atoms with Crippen LogP contribution in [0.2, 0.25) is 0 Å². The SMILES string of the molecule is CC(C)CC(O)CNCc1cc(C(=O)O)cs1. The number of carbonyl (C=O) groups is 1. The molecule has 4 nitrogen and oxygen atoms in total. The van der Waals surface area contributed by atoms with Gasteiger partial charge in [-0.1, -0.05) is 13.8 Å². The van der Waals surface area contributed by atoms with E-state index in [-0.39, 0.29) is 6.10 Å². The molecule has 0 aliphatic carbocycles. The first kappa shape index (κ1) is 14.2. The molecule has 0 saturated heterocycles. The topological polar surface area (TPSA) is 69.6 Å². The minimum Gasteiger partial charge on any atom is -0.478 e. The first-order chi connectivity index (χ1) is 7.99. The third kappa shape index (κ3) is 5.30. The van der Waals surface area contributed by atoms with Crippen LogP contribution in [-0.2, 0) is 6.54 Å². The monoisotopic (exact) mass is 257 g/mol. The van der Waals surface area contributed by atoms with Gasteiger partial charge in [0.25, 0.3) is 0 Å². The highest BCUT2D eigenvalue weighted by Gasteiger charge is 2.08. The van der Waals surface area contributed by atoms with Crippen LogP contribution < -0.4 is 5.32 Å². The lowest BCUT2D eigenvalue weighted by atomic mass is 10.1. The summed E-state index contributed by atoms with van der Waals surface area (Å²) >= 11 is 1.42. The Bertz CT molecular complexity index is 362. The number of aliphatic hydroxyl groups is 1. The van der Waals surface area contributed by atoms with Crippen LogP contribution in [0.3, 0.4) is 0 Å². The molecule has 0 radical (unpaired) electrons. The van der Waals surface area contributed by atoms with Crippen LogP contribution in [0, 0.1) is 5.92 Å². The van der Waals surface area contributed by atoms with Crippen molar-refractivity contribution in [2.45, 2.75) is 32.9 Å². The van der Waals surface area contributed by atoms with E-state index in [0.29, 0.717) is 24.6 Å². The van der Waals surface area contributed by atoms with Crippen molar-refractivity contribution in [3.05, 3.63) is 21.9 Å². The highest BCUT2D eigenvalue weighted by Crippen LogP contribution is 2.14. The number of carboxylic acid groups (broad SMARTS) is 1. The van der Waals surface area contributed by atoms with Crippen LogP contribution in [0.25, 0.3) is 0 Å². The van der Waals surface area contributed by atoms with Crippen LogP contribution in [0.5, 0.6) is 0 Å². The second-order valence-electron chi connectivity index (χ2n) is 4.52. The molecule has 0 saturated carbocycles. The number of carboxylic acids is 1. The molecule has 96 valence electrons. The second kappa shape index (κ2) is 6.74. The molecule has 0 aliphatic heterocycles. The molecular formula is C12H19NO3S. The van der Waals surface area contributed by atoms with Crippen LogP contribution >= 0.6 is 11.3 Å². The quantitative estimate of drug-likeness (QED) is 0.698. The fourth-order valence-electron chi connectivity index (χ4n) is 1.57. The zero-order valence-corrected chi connectivity index (χ0v) is 11.0. The van der Waals surface area contributed by atoms with Crippen LogP contribution in [0.15, 0.2) is 11.4 Å². The summed E-state index contributed by atoms with van der Waals surface area (Å²) in [5.74, 6) is -0.417. The lowest BCUT2D eigenvalue weighted by molar-refractivity contribution is 0.0697. The molecule has 1 heterocycles. The molecule has 1 unspecified atom stereocenters. The summed E-state index contributed by atoms with van der Waals surface area (Å²) in [6.07, 6.45) is 0.437. The molecule has 1 rings (SSSR count). The van der Waals surface area contributed by atoms with Gasteiger partial charge in [-0.2, -0.15) is 0 Å². The van der Waals surface area contributed by atoms with Crippen molar-refractivity contribution < 1.29 is 15.0 Å². The summed E-state index contributed by atoms with van der Waals surface area (Å²) in [5.41, 5.74) is 0.328. The molecule has 1 aromatic heterocycles. The Kier molecular flexibility index (Phi) is 5.61. The van der Waals surface area contributed by atoms with E-state index in [1.807, 2.05) is 0 Å². The van der Waals surface area contributed by atoms with Crippen molar-refractivity contribution in [3.63, 3.8) is 0 Å². The van der Waals surface area contributed by atoms with E-state index in [2.05, 4.69) is 19.2 Å². The van der Waals surface area contributed by atoms with Gasteiger partial charge >= 0.3 is 5.97 Å². The van der Waals surface area contributed by atoms with Crippen LogP contribution in [0.1, 0.15) is 35.5 Å². The third-order valence-corrected chi connectivity index (χ3v) is 3.26. The number of thiophene rings is 1. The Labute approximate surface area is 105 Å².